The van der Waals surface area contributed by atoms with Crippen LogP contribution in [0.2, 0.25) is 6.32 Å². The second-order valence-corrected chi connectivity index (χ2v) is 1.20. The summed E-state index contributed by atoms with van der Waals surface area (Å²) in [7, 11) is 4.91. The average molecular weight is 98.9 g/mol. The molecule has 2 radical (unpaired) electrons. The van der Waals surface area contributed by atoms with Crippen LogP contribution in [0.25, 0.3) is 0 Å². The van der Waals surface area contributed by atoms with Crippen molar-refractivity contribution in [3.8, 4) is 0 Å². The van der Waals surface area contributed by atoms with Gasteiger partial charge in [-0.1, -0.05) is 11.5 Å². The van der Waals surface area contributed by atoms with Crippen molar-refractivity contribution in [3.05, 3.63) is 4.91 Å². The molecule has 3 nitrogen and oxygen atoms in total. The van der Waals surface area contributed by atoms with Crippen molar-refractivity contribution in [2.45, 2.75) is 12.4 Å². The average Bonchev–Trinajstić information content (AvgIpc) is 1.68. The van der Waals surface area contributed by atoms with E-state index >= 15 is 0 Å². The van der Waals surface area contributed by atoms with Crippen LogP contribution in [0, 0.1) is 4.91 Å². The molecule has 0 bridgehead atoms. The van der Waals surface area contributed by atoms with Gasteiger partial charge in [-0.05, 0) is 0 Å². The third kappa shape index (κ3) is 3.46. The lowest BCUT2D eigenvalue weighted by atomic mass is 10.00. The van der Waals surface area contributed by atoms with E-state index < -0.39 is 6.10 Å². The van der Waals surface area contributed by atoms with Crippen molar-refractivity contribution in [2.75, 3.05) is 6.54 Å². The molecule has 0 spiro atoms. The molecular formula is C3H6BNO2. The van der Waals surface area contributed by atoms with Gasteiger partial charge in [-0.3, -0.25) is 0 Å². The third-order valence-electron chi connectivity index (χ3n) is 0.557. The quantitative estimate of drug-likeness (QED) is 0.390. The van der Waals surface area contributed by atoms with Crippen LogP contribution < -0.4 is 0 Å². The van der Waals surface area contributed by atoms with Crippen molar-refractivity contribution < 1.29 is 5.11 Å². The molecule has 0 aliphatic heterocycles. The molecule has 0 aromatic carbocycles. The van der Waals surface area contributed by atoms with Crippen LogP contribution in [0.15, 0.2) is 5.18 Å². The molecule has 0 aliphatic carbocycles. The van der Waals surface area contributed by atoms with E-state index in [1.807, 2.05) is 0 Å². The lowest BCUT2D eigenvalue weighted by Gasteiger charge is -1.96. The Morgan fingerprint density at radius 1 is 1.86 bits per heavy atom. The SMILES string of the molecule is [B]CC(O)CN=O. The maximum atomic E-state index is 9.31. The smallest absolute Gasteiger partial charge is 0.106 e. The molecular weight excluding hydrogens is 92.9 g/mol. The van der Waals surface area contributed by atoms with Gasteiger partial charge in [0.1, 0.15) is 6.54 Å². The number of nitrogens with zero attached hydrogens (tertiary/aromatic N) is 1. The molecule has 0 heterocycles. The van der Waals surface area contributed by atoms with Gasteiger partial charge in [0.15, 0.2) is 0 Å². The van der Waals surface area contributed by atoms with E-state index in [1.54, 1.807) is 0 Å². The first-order chi connectivity index (χ1) is 3.31. The third-order valence-corrected chi connectivity index (χ3v) is 0.557. The number of aliphatic hydroxyl groups excluding tert-OH is 1. The van der Waals surface area contributed by atoms with Gasteiger partial charge < -0.3 is 5.11 Å². The lowest BCUT2D eigenvalue weighted by Crippen LogP contribution is -2.08. The molecule has 0 saturated carbocycles. The van der Waals surface area contributed by atoms with Gasteiger partial charge in [-0.15, -0.1) is 0 Å². The molecule has 7 heavy (non-hydrogen) atoms. The van der Waals surface area contributed by atoms with Crippen LogP contribution in [0.5, 0.6) is 0 Å². The second-order valence-electron chi connectivity index (χ2n) is 1.20. The van der Waals surface area contributed by atoms with Crippen molar-refractivity contribution in [2.24, 2.45) is 5.18 Å². The molecule has 0 aromatic rings. The fourth-order valence-corrected chi connectivity index (χ4v) is 0.161. The van der Waals surface area contributed by atoms with Crippen LogP contribution in [0.3, 0.4) is 0 Å². The lowest BCUT2D eigenvalue weighted by molar-refractivity contribution is 0.204. The summed E-state index contributed by atoms with van der Waals surface area (Å²) in [6.07, 6.45) is -0.649. The molecule has 0 aromatic heterocycles. The minimum absolute atomic E-state index is 0.101. The normalized spacial score (nSPS) is 13.3. The highest BCUT2D eigenvalue weighted by atomic mass is 16.3. The van der Waals surface area contributed by atoms with Gasteiger partial charge in [-0.2, -0.15) is 4.91 Å². The van der Waals surface area contributed by atoms with Crippen molar-refractivity contribution in [3.63, 3.8) is 0 Å². The summed E-state index contributed by atoms with van der Waals surface area (Å²) in [6, 6.07) is 0. The van der Waals surface area contributed by atoms with E-state index in [9.17, 15) is 4.91 Å². The molecule has 4 heteroatoms. The van der Waals surface area contributed by atoms with Gasteiger partial charge in [0.05, 0.1) is 14.0 Å². The summed E-state index contributed by atoms with van der Waals surface area (Å²) in [5, 5.41) is 10.9. The Hall–Kier alpha value is -0.375. The molecule has 0 aliphatic rings. The Balaban J connectivity index is 2.98. The minimum Gasteiger partial charge on any atom is -0.392 e. The zero-order valence-corrected chi connectivity index (χ0v) is 3.87. The minimum atomic E-state index is -0.752. The Bertz CT molecular complexity index is 58.9. The highest BCUT2D eigenvalue weighted by molar-refractivity contribution is 6.08. The van der Waals surface area contributed by atoms with Crippen LogP contribution in [-0.4, -0.2) is 25.6 Å². The first-order valence-electron chi connectivity index (χ1n) is 1.98. The fourth-order valence-electron chi connectivity index (χ4n) is 0.161. The summed E-state index contributed by atoms with van der Waals surface area (Å²) in [5.41, 5.74) is 0. The van der Waals surface area contributed by atoms with E-state index in [1.165, 1.54) is 0 Å². The first kappa shape index (κ1) is 6.62. The maximum Gasteiger partial charge on any atom is 0.106 e. The zero-order chi connectivity index (χ0) is 5.70. The van der Waals surface area contributed by atoms with Crippen LogP contribution >= 0.6 is 0 Å². The highest BCUT2D eigenvalue weighted by Gasteiger charge is 1.95. The molecule has 38 valence electrons. The molecule has 0 amide bonds. The van der Waals surface area contributed by atoms with E-state index in [2.05, 4.69) is 5.18 Å². The summed E-state index contributed by atoms with van der Waals surface area (Å²) in [4.78, 5) is 9.31. The van der Waals surface area contributed by atoms with Crippen molar-refractivity contribution >= 4 is 7.85 Å². The van der Waals surface area contributed by atoms with Gasteiger partial charge >= 0.3 is 0 Å². The largest absolute Gasteiger partial charge is 0.392 e. The summed E-state index contributed by atoms with van der Waals surface area (Å²) in [6.45, 7) is -0.101. The number of aliphatic hydroxyl groups is 1. The fraction of sp³-hybridized carbons (Fsp3) is 1.00. The number of nitroso groups, excluding NO2 is 1. The molecule has 1 atom stereocenters. The van der Waals surface area contributed by atoms with E-state index in [0.717, 1.165) is 0 Å². The second kappa shape index (κ2) is 3.80. The number of hydrogen-bond acceptors (Lipinski definition) is 3. The van der Waals surface area contributed by atoms with Crippen molar-refractivity contribution in [1.82, 2.24) is 0 Å². The van der Waals surface area contributed by atoms with Crippen molar-refractivity contribution in [1.29, 1.82) is 0 Å². The van der Waals surface area contributed by atoms with Gasteiger partial charge in [0, 0.05) is 0 Å². The van der Waals surface area contributed by atoms with Gasteiger partial charge in [0.25, 0.3) is 0 Å². The van der Waals surface area contributed by atoms with Crippen LogP contribution in [-0.2, 0) is 0 Å². The summed E-state index contributed by atoms with van der Waals surface area (Å²) >= 11 is 0. The van der Waals surface area contributed by atoms with E-state index in [4.69, 9.17) is 13.0 Å². The monoisotopic (exact) mass is 99.0 g/mol. The number of rotatable bonds is 3. The Labute approximate surface area is 43.1 Å². The summed E-state index contributed by atoms with van der Waals surface area (Å²) in [5.74, 6) is 0. The number of hydrogen-bond donors (Lipinski definition) is 1. The molecule has 0 rings (SSSR count). The Morgan fingerprint density at radius 3 is 2.57 bits per heavy atom. The molecule has 1 N–H and O–H groups in total. The molecule has 1 unspecified atom stereocenters. The predicted molar refractivity (Wildman–Crippen MR) is 27.2 cm³/mol. The van der Waals surface area contributed by atoms with Gasteiger partial charge in [-0.25, -0.2) is 0 Å². The Morgan fingerprint density at radius 2 is 2.43 bits per heavy atom. The van der Waals surface area contributed by atoms with Crippen LogP contribution in [0.4, 0.5) is 0 Å². The zero-order valence-electron chi connectivity index (χ0n) is 3.87. The predicted octanol–water partition coefficient (Wildman–Crippen LogP) is -0.300. The maximum absolute atomic E-state index is 9.31. The molecule has 0 fully saturated rings. The highest BCUT2D eigenvalue weighted by Crippen LogP contribution is 1.85. The standard InChI is InChI=1S/C3H6BNO2/c4-1-3(6)2-5-7/h3,6H,1-2H2. The summed E-state index contributed by atoms with van der Waals surface area (Å²) < 4.78 is 0. The first-order valence-corrected chi connectivity index (χ1v) is 1.98. The van der Waals surface area contributed by atoms with Crippen LogP contribution in [0.1, 0.15) is 0 Å². The Kier molecular flexibility index (Phi) is 3.60. The van der Waals surface area contributed by atoms with Gasteiger partial charge in [0.2, 0.25) is 0 Å². The molecule has 0 saturated heterocycles. The van der Waals surface area contributed by atoms with E-state index in [-0.39, 0.29) is 12.9 Å². The topological polar surface area (TPSA) is 49.7 Å². The van der Waals surface area contributed by atoms with E-state index in [0.29, 0.717) is 0 Å².